The Bertz CT molecular complexity index is 938. The number of hydrogen-bond donors (Lipinski definition) is 2. The van der Waals surface area contributed by atoms with Crippen molar-refractivity contribution in [1.29, 1.82) is 0 Å². The summed E-state index contributed by atoms with van der Waals surface area (Å²) in [6, 6.07) is 10.3. The molecule has 1 atom stereocenters. The number of benzene rings is 1. The Kier molecular flexibility index (Phi) is 4.39. The number of rotatable bonds is 3. The number of aliphatic hydroxyl groups excluding tert-OH is 1. The summed E-state index contributed by atoms with van der Waals surface area (Å²) in [5.41, 5.74) is 0.373. The second-order valence-electron chi connectivity index (χ2n) is 6.53. The lowest BCUT2D eigenvalue weighted by molar-refractivity contribution is -0.137. The molecule has 3 aromatic rings. The third kappa shape index (κ3) is 3.68. The molecule has 0 saturated carbocycles. The number of β-amino-alcohol motifs (C(OH)–C–C–N with tert-alkyl or cyclic N) is 1. The van der Waals surface area contributed by atoms with E-state index in [2.05, 4.69) is 20.3 Å². The Morgan fingerprint density at radius 3 is 2.59 bits per heavy atom. The van der Waals surface area contributed by atoms with Gasteiger partial charge < -0.3 is 15.3 Å². The molecular formula is C18H18F3N5O. The van der Waals surface area contributed by atoms with Gasteiger partial charge in [-0.25, -0.2) is 0 Å². The van der Waals surface area contributed by atoms with Gasteiger partial charge in [0.05, 0.1) is 11.7 Å². The van der Waals surface area contributed by atoms with Crippen molar-refractivity contribution in [3.05, 3.63) is 48.0 Å². The van der Waals surface area contributed by atoms with Crippen LogP contribution in [0.1, 0.15) is 18.4 Å². The second-order valence-corrected chi connectivity index (χ2v) is 6.53. The standard InChI is InChI=1S/C18H18F3N5O/c19-18(20,21)12-6-8-13(9-7-12)22-17-23-15-4-1-5-16(26(15)24-17)25-10-2-3-14(27)11-25/h1,4-9,14,27H,2-3,10-11H2,(H,22,24)/t14-/m1/s1. The van der Waals surface area contributed by atoms with Gasteiger partial charge in [0.15, 0.2) is 5.65 Å². The highest BCUT2D eigenvalue weighted by Crippen LogP contribution is 2.30. The average Bonchev–Trinajstić information content (AvgIpc) is 3.03. The van der Waals surface area contributed by atoms with E-state index in [0.717, 1.165) is 37.3 Å². The van der Waals surface area contributed by atoms with Crippen molar-refractivity contribution < 1.29 is 18.3 Å². The highest BCUT2D eigenvalue weighted by atomic mass is 19.4. The van der Waals surface area contributed by atoms with Crippen molar-refractivity contribution in [2.24, 2.45) is 0 Å². The summed E-state index contributed by atoms with van der Waals surface area (Å²) in [5, 5.41) is 17.3. The lowest BCUT2D eigenvalue weighted by Gasteiger charge is -2.31. The summed E-state index contributed by atoms with van der Waals surface area (Å²) in [7, 11) is 0. The van der Waals surface area contributed by atoms with E-state index < -0.39 is 11.7 Å². The third-order valence-electron chi connectivity index (χ3n) is 4.53. The van der Waals surface area contributed by atoms with Gasteiger partial charge in [0.1, 0.15) is 5.82 Å². The van der Waals surface area contributed by atoms with Gasteiger partial charge in [0, 0.05) is 18.8 Å². The summed E-state index contributed by atoms with van der Waals surface area (Å²) in [5.74, 6) is 1.11. The molecule has 3 heterocycles. The van der Waals surface area contributed by atoms with E-state index in [-0.39, 0.29) is 6.10 Å². The lowest BCUT2D eigenvalue weighted by Crippen LogP contribution is -2.39. The van der Waals surface area contributed by atoms with Crippen LogP contribution in [0, 0.1) is 0 Å². The highest BCUT2D eigenvalue weighted by molar-refractivity contribution is 5.58. The topological polar surface area (TPSA) is 65.7 Å². The molecule has 0 amide bonds. The van der Waals surface area contributed by atoms with Gasteiger partial charge in [-0.2, -0.15) is 22.7 Å². The molecule has 1 fully saturated rings. The van der Waals surface area contributed by atoms with Gasteiger partial charge in [-0.3, -0.25) is 0 Å². The molecular weight excluding hydrogens is 359 g/mol. The summed E-state index contributed by atoms with van der Waals surface area (Å²) >= 11 is 0. The highest BCUT2D eigenvalue weighted by Gasteiger charge is 2.30. The van der Waals surface area contributed by atoms with Gasteiger partial charge in [-0.1, -0.05) is 6.07 Å². The van der Waals surface area contributed by atoms with Crippen LogP contribution >= 0.6 is 0 Å². The number of aliphatic hydroxyl groups is 1. The maximum atomic E-state index is 12.7. The monoisotopic (exact) mass is 377 g/mol. The van der Waals surface area contributed by atoms with Crippen molar-refractivity contribution in [1.82, 2.24) is 14.6 Å². The van der Waals surface area contributed by atoms with Crippen LogP contribution < -0.4 is 10.2 Å². The number of pyridine rings is 1. The average molecular weight is 377 g/mol. The number of anilines is 3. The first-order chi connectivity index (χ1) is 12.9. The number of hydrogen-bond acceptors (Lipinski definition) is 5. The molecule has 2 N–H and O–H groups in total. The van der Waals surface area contributed by atoms with E-state index in [9.17, 15) is 18.3 Å². The molecule has 0 unspecified atom stereocenters. The summed E-state index contributed by atoms with van der Waals surface area (Å²) in [6.07, 6.45) is -3.07. The SMILES string of the molecule is O[C@@H]1CCCN(c2cccc3nc(Nc4ccc(C(F)(F)F)cc4)nn23)C1. The van der Waals surface area contributed by atoms with Crippen molar-refractivity contribution in [2.45, 2.75) is 25.1 Å². The first-order valence-electron chi connectivity index (χ1n) is 8.63. The third-order valence-corrected chi connectivity index (χ3v) is 4.53. The Balaban J connectivity index is 1.59. The second kappa shape index (κ2) is 6.73. The molecule has 1 aliphatic heterocycles. The molecule has 0 bridgehead atoms. The zero-order valence-corrected chi connectivity index (χ0v) is 14.3. The van der Waals surface area contributed by atoms with Crippen LogP contribution in [-0.2, 0) is 6.18 Å². The quantitative estimate of drug-likeness (QED) is 0.732. The molecule has 1 saturated heterocycles. The van der Waals surface area contributed by atoms with Crippen molar-refractivity contribution in [3.8, 4) is 0 Å². The van der Waals surface area contributed by atoms with Crippen LogP contribution in [0.15, 0.2) is 42.5 Å². The van der Waals surface area contributed by atoms with Crippen LogP contribution in [0.5, 0.6) is 0 Å². The maximum absolute atomic E-state index is 12.7. The lowest BCUT2D eigenvalue weighted by atomic mass is 10.1. The summed E-state index contributed by atoms with van der Waals surface area (Å²) in [4.78, 5) is 6.44. The van der Waals surface area contributed by atoms with Crippen molar-refractivity contribution >= 4 is 23.1 Å². The molecule has 2 aromatic heterocycles. The number of nitrogens with zero attached hydrogens (tertiary/aromatic N) is 4. The van der Waals surface area contributed by atoms with Crippen LogP contribution in [0.3, 0.4) is 0 Å². The Morgan fingerprint density at radius 2 is 1.89 bits per heavy atom. The fourth-order valence-corrected chi connectivity index (χ4v) is 3.22. The minimum atomic E-state index is -4.37. The Hall–Kier alpha value is -2.81. The Labute approximate surface area is 153 Å². The fraction of sp³-hybridized carbons (Fsp3) is 0.333. The predicted molar refractivity (Wildman–Crippen MR) is 95.2 cm³/mol. The smallest absolute Gasteiger partial charge is 0.391 e. The van der Waals surface area contributed by atoms with Crippen LogP contribution in [0.25, 0.3) is 5.65 Å². The minimum Gasteiger partial charge on any atom is -0.391 e. The van der Waals surface area contributed by atoms with E-state index in [1.54, 1.807) is 10.6 Å². The minimum absolute atomic E-state index is 0.291. The van der Waals surface area contributed by atoms with E-state index in [1.807, 2.05) is 12.1 Å². The Morgan fingerprint density at radius 1 is 1.11 bits per heavy atom. The molecule has 142 valence electrons. The molecule has 9 heteroatoms. The number of alkyl halides is 3. The molecule has 27 heavy (non-hydrogen) atoms. The number of fused-ring (bicyclic) bond motifs is 1. The predicted octanol–water partition coefficient (Wildman–Crippen LogP) is 3.45. The molecule has 1 aromatic carbocycles. The maximum Gasteiger partial charge on any atom is 0.416 e. The van der Waals surface area contributed by atoms with E-state index in [1.165, 1.54) is 12.1 Å². The molecule has 0 radical (unpaired) electrons. The van der Waals surface area contributed by atoms with Gasteiger partial charge >= 0.3 is 6.18 Å². The van der Waals surface area contributed by atoms with Crippen LogP contribution in [0.2, 0.25) is 0 Å². The van der Waals surface area contributed by atoms with E-state index in [4.69, 9.17) is 0 Å². The fourth-order valence-electron chi connectivity index (χ4n) is 3.22. The normalized spacial score (nSPS) is 18.1. The molecule has 6 nitrogen and oxygen atoms in total. The van der Waals surface area contributed by atoms with Crippen molar-refractivity contribution in [3.63, 3.8) is 0 Å². The van der Waals surface area contributed by atoms with E-state index >= 15 is 0 Å². The molecule has 4 rings (SSSR count). The molecule has 0 aliphatic carbocycles. The van der Waals surface area contributed by atoms with Crippen LogP contribution in [0.4, 0.5) is 30.6 Å². The summed E-state index contributed by atoms with van der Waals surface area (Å²) in [6.45, 7) is 1.35. The molecule has 1 aliphatic rings. The van der Waals surface area contributed by atoms with Gasteiger partial charge in [0.25, 0.3) is 0 Å². The molecule has 0 spiro atoms. The first kappa shape index (κ1) is 17.6. The number of halogens is 3. The van der Waals surface area contributed by atoms with Gasteiger partial charge in [-0.15, -0.1) is 5.10 Å². The van der Waals surface area contributed by atoms with Gasteiger partial charge in [0.2, 0.25) is 5.95 Å². The van der Waals surface area contributed by atoms with Crippen LogP contribution in [-0.4, -0.2) is 38.9 Å². The zero-order valence-electron chi connectivity index (χ0n) is 14.3. The first-order valence-corrected chi connectivity index (χ1v) is 8.63. The largest absolute Gasteiger partial charge is 0.416 e. The number of piperidine rings is 1. The van der Waals surface area contributed by atoms with Crippen molar-refractivity contribution in [2.75, 3.05) is 23.3 Å². The number of nitrogens with one attached hydrogen (secondary N) is 1. The summed E-state index contributed by atoms with van der Waals surface area (Å²) < 4.78 is 39.7. The van der Waals surface area contributed by atoms with E-state index in [0.29, 0.717) is 23.8 Å². The van der Waals surface area contributed by atoms with Gasteiger partial charge in [-0.05, 0) is 49.2 Å². The zero-order chi connectivity index (χ0) is 19.0. The number of aromatic nitrogens is 3.